The molecule has 5 rings (SSSR count). The van der Waals surface area contributed by atoms with Crippen LogP contribution in [0.1, 0.15) is 41.5 Å². The number of aryl methyl sites for hydroxylation is 1. The first-order chi connectivity index (χ1) is 15.5. The average Bonchev–Trinajstić information content (AvgIpc) is 3.27. The number of hydrogen-bond acceptors (Lipinski definition) is 5. The van der Waals surface area contributed by atoms with Gasteiger partial charge in [0.2, 0.25) is 6.79 Å². The molecule has 164 valence electrons. The molecule has 0 radical (unpaired) electrons. The van der Waals surface area contributed by atoms with Crippen molar-refractivity contribution in [1.82, 2.24) is 0 Å². The van der Waals surface area contributed by atoms with Gasteiger partial charge < -0.3 is 18.9 Å². The van der Waals surface area contributed by atoms with Crippen LogP contribution in [-0.4, -0.2) is 19.9 Å². The Morgan fingerprint density at radius 1 is 0.969 bits per heavy atom. The molecule has 5 heteroatoms. The van der Waals surface area contributed by atoms with Crippen molar-refractivity contribution in [2.24, 2.45) is 0 Å². The van der Waals surface area contributed by atoms with Crippen molar-refractivity contribution in [3.63, 3.8) is 0 Å². The van der Waals surface area contributed by atoms with Crippen LogP contribution in [-0.2, 0) is 16.6 Å². The summed E-state index contributed by atoms with van der Waals surface area (Å²) in [7, 11) is 1.66. The van der Waals surface area contributed by atoms with Crippen molar-refractivity contribution in [2.45, 2.75) is 38.0 Å². The molecule has 3 aromatic carbocycles. The summed E-state index contributed by atoms with van der Waals surface area (Å²) < 4.78 is 22.5. The zero-order chi connectivity index (χ0) is 22.3. The van der Waals surface area contributed by atoms with Gasteiger partial charge in [0.25, 0.3) is 0 Å². The minimum Gasteiger partial charge on any atom is -0.497 e. The third-order valence-corrected chi connectivity index (χ3v) is 6.77. The molecule has 0 spiro atoms. The van der Waals surface area contributed by atoms with Crippen LogP contribution in [0.15, 0.2) is 60.7 Å². The molecule has 2 aliphatic heterocycles. The van der Waals surface area contributed by atoms with Crippen LogP contribution in [0, 0.1) is 6.92 Å². The van der Waals surface area contributed by atoms with E-state index in [9.17, 15) is 4.79 Å². The van der Waals surface area contributed by atoms with Crippen molar-refractivity contribution in [3.05, 3.63) is 82.9 Å². The molecule has 0 bridgehead atoms. The summed E-state index contributed by atoms with van der Waals surface area (Å²) in [6.45, 7) is 4.28. The Morgan fingerprint density at radius 3 is 2.31 bits per heavy atom. The molecule has 3 aromatic rings. The first kappa shape index (κ1) is 20.4. The number of benzene rings is 3. The van der Waals surface area contributed by atoms with Crippen molar-refractivity contribution in [2.75, 3.05) is 13.9 Å². The summed E-state index contributed by atoms with van der Waals surface area (Å²) in [6, 6.07) is 20.0. The predicted octanol–water partition coefficient (Wildman–Crippen LogP) is 5.33. The van der Waals surface area contributed by atoms with E-state index < -0.39 is 5.41 Å². The highest BCUT2D eigenvalue weighted by atomic mass is 16.7. The largest absolute Gasteiger partial charge is 0.497 e. The summed E-state index contributed by atoms with van der Waals surface area (Å²) in [5.41, 5.74) is 3.40. The number of carbonyl (C=O) groups is 1. The maximum absolute atomic E-state index is 13.7. The predicted molar refractivity (Wildman–Crippen MR) is 121 cm³/mol. The first-order valence-corrected chi connectivity index (χ1v) is 10.9. The minimum atomic E-state index is -0.811. The molecule has 0 aliphatic carbocycles. The number of rotatable bonds is 5. The van der Waals surface area contributed by atoms with E-state index in [4.69, 9.17) is 18.9 Å². The Labute approximate surface area is 187 Å². The van der Waals surface area contributed by atoms with E-state index in [1.165, 1.54) is 0 Å². The average molecular weight is 431 g/mol. The van der Waals surface area contributed by atoms with Gasteiger partial charge in [0.15, 0.2) is 11.5 Å². The van der Waals surface area contributed by atoms with E-state index in [1.54, 1.807) is 13.2 Å². The lowest BCUT2D eigenvalue weighted by Gasteiger charge is -2.43. The highest BCUT2D eigenvalue weighted by molar-refractivity contribution is 5.89. The molecule has 0 N–H and O–H groups in total. The van der Waals surface area contributed by atoms with Gasteiger partial charge >= 0.3 is 5.97 Å². The quantitative estimate of drug-likeness (QED) is 0.405. The molecule has 2 aliphatic rings. The minimum absolute atomic E-state index is 0.130. The van der Waals surface area contributed by atoms with Gasteiger partial charge in [-0.15, -0.1) is 0 Å². The number of fused-ring (bicyclic) bond motifs is 2. The Morgan fingerprint density at radius 2 is 1.66 bits per heavy atom. The van der Waals surface area contributed by atoms with E-state index in [0.29, 0.717) is 30.1 Å². The third kappa shape index (κ3) is 3.20. The molecule has 0 saturated carbocycles. The number of carbonyl (C=O) groups excluding carboxylic acids is 1. The van der Waals surface area contributed by atoms with Crippen LogP contribution in [0.3, 0.4) is 0 Å². The fraction of sp³-hybridized carbons (Fsp3) is 0.296. The standard InChI is InChI=1S/C27H26O5/c1-4-27(19-9-5-17(2)6-10-19)22(13-18-7-11-20(29-3)12-8-18)21-14-24-25(31-16-30-24)15-23(21)32-26(27)28/h5-12,14-15,22H,4,13,16H2,1-3H3/t22-,27+/m0/s1. The van der Waals surface area contributed by atoms with E-state index in [0.717, 1.165) is 28.0 Å². The first-order valence-electron chi connectivity index (χ1n) is 10.9. The Balaban J connectivity index is 1.68. The van der Waals surface area contributed by atoms with Crippen molar-refractivity contribution in [1.29, 1.82) is 0 Å². The van der Waals surface area contributed by atoms with Crippen molar-refractivity contribution < 1.29 is 23.7 Å². The van der Waals surface area contributed by atoms with Gasteiger partial charge in [-0.05, 0) is 49.1 Å². The van der Waals surface area contributed by atoms with Gasteiger partial charge in [-0.3, -0.25) is 4.79 Å². The molecule has 32 heavy (non-hydrogen) atoms. The van der Waals surface area contributed by atoms with Crippen LogP contribution in [0.4, 0.5) is 0 Å². The SMILES string of the molecule is CC[C@]1(c2ccc(C)cc2)C(=O)Oc2cc3c(cc2[C@@H]1Cc1ccc(OC)cc1)OCO3. The van der Waals surface area contributed by atoms with Gasteiger partial charge in [0, 0.05) is 17.5 Å². The second kappa shape index (κ2) is 7.90. The second-order valence-electron chi connectivity index (χ2n) is 8.43. The molecular weight excluding hydrogens is 404 g/mol. The number of esters is 1. The third-order valence-electron chi connectivity index (χ3n) is 6.77. The van der Waals surface area contributed by atoms with Crippen LogP contribution >= 0.6 is 0 Å². The summed E-state index contributed by atoms with van der Waals surface area (Å²) in [5, 5.41) is 0. The highest BCUT2D eigenvalue weighted by Crippen LogP contribution is 2.53. The van der Waals surface area contributed by atoms with Gasteiger partial charge in [-0.1, -0.05) is 48.9 Å². The molecule has 5 nitrogen and oxygen atoms in total. The summed E-state index contributed by atoms with van der Waals surface area (Å²) in [4.78, 5) is 13.7. The van der Waals surface area contributed by atoms with Crippen molar-refractivity contribution in [3.8, 4) is 23.0 Å². The van der Waals surface area contributed by atoms with Gasteiger partial charge in [0.1, 0.15) is 16.9 Å². The lowest BCUT2D eigenvalue weighted by molar-refractivity contribution is -0.144. The lowest BCUT2D eigenvalue weighted by Crippen LogP contribution is -2.48. The van der Waals surface area contributed by atoms with Crippen molar-refractivity contribution >= 4 is 5.97 Å². The van der Waals surface area contributed by atoms with E-state index in [1.807, 2.05) is 25.1 Å². The Hall–Kier alpha value is -3.47. The molecule has 0 unspecified atom stereocenters. The topological polar surface area (TPSA) is 54.0 Å². The summed E-state index contributed by atoms with van der Waals surface area (Å²) in [5.74, 6) is 2.30. The molecule has 0 amide bonds. The molecular formula is C27H26O5. The Bertz CT molecular complexity index is 1150. The van der Waals surface area contributed by atoms with Crippen LogP contribution < -0.4 is 18.9 Å². The summed E-state index contributed by atoms with van der Waals surface area (Å²) >= 11 is 0. The second-order valence-corrected chi connectivity index (χ2v) is 8.43. The molecule has 0 fully saturated rings. The summed E-state index contributed by atoms with van der Waals surface area (Å²) in [6.07, 6.45) is 1.29. The maximum atomic E-state index is 13.7. The van der Waals surface area contributed by atoms with Crippen LogP contribution in [0.25, 0.3) is 0 Å². The molecule has 0 aromatic heterocycles. The van der Waals surface area contributed by atoms with E-state index in [-0.39, 0.29) is 18.7 Å². The molecule has 0 saturated heterocycles. The number of methoxy groups -OCH3 is 1. The zero-order valence-electron chi connectivity index (χ0n) is 18.5. The molecule has 2 atom stereocenters. The van der Waals surface area contributed by atoms with Gasteiger partial charge in [-0.25, -0.2) is 0 Å². The number of hydrogen-bond donors (Lipinski definition) is 0. The molecule has 2 heterocycles. The monoisotopic (exact) mass is 430 g/mol. The number of ether oxygens (including phenoxy) is 4. The van der Waals surface area contributed by atoms with E-state index >= 15 is 0 Å². The normalized spacial score (nSPS) is 21.1. The fourth-order valence-corrected chi connectivity index (χ4v) is 4.94. The smallest absolute Gasteiger partial charge is 0.322 e. The van der Waals surface area contributed by atoms with Crippen LogP contribution in [0.5, 0.6) is 23.0 Å². The Kier molecular flexibility index (Phi) is 5.04. The van der Waals surface area contributed by atoms with Gasteiger partial charge in [0.05, 0.1) is 7.11 Å². The lowest BCUT2D eigenvalue weighted by atomic mass is 9.62. The highest BCUT2D eigenvalue weighted by Gasteiger charge is 2.52. The van der Waals surface area contributed by atoms with Crippen LogP contribution in [0.2, 0.25) is 0 Å². The zero-order valence-corrected chi connectivity index (χ0v) is 18.5. The van der Waals surface area contributed by atoms with Gasteiger partial charge in [-0.2, -0.15) is 0 Å². The fourth-order valence-electron chi connectivity index (χ4n) is 4.94. The maximum Gasteiger partial charge on any atom is 0.322 e. The van der Waals surface area contributed by atoms with E-state index in [2.05, 4.69) is 43.3 Å².